The highest BCUT2D eigenvalue weighted by molar-refractivity contribution is 5.77. The van der Waals surface area contributed by atoms with E-state index in [4.69, 9.17) is 9.84 Å². The number of methoxy groups -OCH3 is 1. The van der Waals surface area contributed by atoms with Crippen LogP contribution in [0.5, 0.6) is 11.5 Å². The largest absolute Gasteiger partial charge is 0.504 e. The van der Waals surface area contributed by atoms with E-state index >= 15 is 0 Å². The summed E-state index contributed by atoms with van der Waals surface area (Å²) in [6.45, 7) is 0.532. The third kappa shape index (κ3) is 5.24. The maximum atomic E-state index is 11.5. The molecule has 0 aliphatic carbocycles. The highest BCUT2D eigenvalue weighted by Gasteiger charge is 2.21. The fraction of sp³-hybridized carbons (Fsp3) is 0.300. The summed E-state index contributed by atoms with van der Waals surface area (Å²) in [7, 11) is 1.50. The number of carbonyl (C=O) groups excluding carboxylic acids is 1. The van der Waals surface area contributed by atoms with Gasteiger partial charge in [-0.05, 0) is 42.7 Å². The lowest BCUT2D eigenvalue weighted by atomic mass is 10.1. The molecule has 2 aromatic rings. The normalized spacial score (nSPS) is 11.6. The van der Waals surface area contributed by atoms with Crippen molar-refractivity contribution in [1.29, 1.82) is 0 Å². The lowest BCUT2D eigenvalue weighted by molar-refractivity contribution is -0.138. The van der Waals surface area contributed by atoms with Gasteiger partial charge in [0.2, 0.25) is 0 Å². The first-order valence-electron chi connectivity index (χ1n) is 8.39. The van der Waals surface area contributed by atoms with Crippen molar-refractivity contribution < 1.29 is 24.5 Å². The van der Waals surface area contributed by atoms with Crippen LogP contribution in [-0.4, -0.2) is 42.2 Å². The summed E-state index contributed by atoms with van der Waals surface area (Å²) in [6.07, 6.45) is 1.86. The van der Waals surface area contributed by atoms with E-state index in [-0.39, 0.29) is 12.2 Å². The molecule has 0 aromatic heterocycles. The van der Waals surface area contributed by atoms with Crippen LogP contribution < -0.4 is 9.64 Å². The lowest BCUT2D eigenvalue weighted by Gasteiger charge is -2.29. The maximum Gasteiger partial charge on any atom is 0.305 e. The summed E-state index contributed by atoms with van der Waals surface area (Å²) >= 11 is 0. The summed E-state index contributed by atoms with van der Waals surface area (Å²) in [5.74, 6) is -0.505. The van der Waals surface area contributed by atoms with Crippen LogP contribution in [0.25, 0.3) is 0 Å². The van der Waals surface area contributed by atoms with Gasteiger partial charge in [0.05, 0.1) is 19.6 Å². The Bertz CT molecular complexity index is 732. The Morgan fingerprint density at radius 1 is 1.23 bits per heavy atom. The zero-order valence-corrected chi connectivity index (χ0v) is 14.7. The Morgan fingerprint density at radius 2 is 1.96 bits per heavy atom. The molecule has 138 valence electrons. The minimum absolute atomic E-state index is 0.0876. The number of aromatic hydroxyl groups is 1. The molecule has 0 bridgehead atoms. The van der Waals surface area contributed by atoms with Gasteiger partial charge in [-0.1, -0.05) is 24.3 Å². The zero-order valence-electron chi connectivity index (χ0n) is 14.7. The second-order valence-electron chi connectivity index (χ2n) is 5.94. The molecule has 6 nitrogen and oxygen atoms in total. The molecule has 0 radical (unpaired) electrons. The SMILES string of the molecule is COc1cc(CCCN(c2ccccc2)[C@@H](C=O)CC(=O)O)ccc1O. The molecule has 1 atom stereocenters. The molecule has 0 spiro atoms. The molecule has 0 fully saturated rings. The van der Waals surface area contributed by atoms with Gasteiger partial charge < -0.3 is 24.6 Å². The predicted octanol–water partition coefficient (Wildman–Crippen LogP) is 2.88. The van der Waals surface area contributed by atoms with Crippen LogP contribution in [0, 0.1) is 0 Å². The van der Waals surface area contributed by atoms with Crippen molar-refractivity contribution in [2.45, 2.75) is 25.3 Å². The molecule has 6 heteroatoms. The number of hydrogen-bond acceptors (Lipinski definition) is 5. The number of carbonyl (C=O) groups is 2. The number of carboxylic acids is 1. The van der Waals surface area contributed by atoms with E-state index in [9.17, 15) is 14.7 Å². The lowest BCUT2D eigenvalue weighted by Crippen LogP contribution is -2.39. The van der Waals surface area contributed by atoms with Crippen molar-refractivity contribution in [3.8, 4) is 11.5 Å². The van der Waals surface area contributed by atoms with E-state index < -0.39 is 12.0 Å². The molecule has 0 saturated heterocycles. The molecular formula is C20H23NO5. The molecule has 0 aliphatic heterocycles. The van der Waals surface area contributed by atoms with Gasteiger partial charge in [0, 0.05) is 12.2 Å². The average molecular weight is 357 g/mol. The van der Waals surface area contributed by atoms with Gasteiger partial charge in [-0.3, -0.25) is 4.79 Å². The number of hydrogen-bond donors (Lipinski definition) is 2. The Balaban J connectivity index is 2.09. The van der Waals surface area contributed by atoms with Crippen LogP contribution in [0.2, 0.25) is 0 Å². The molecule has 0 unspecified atom stereocenters. The standard InChI is InChI=1S/C20H23NO5/c1-26-19-12-15(9-10-18(19)23)6-5-11-21(16-7-3-2-4-8-16)17(14-22)13-20(24)25/h2-4,7-10,12,14,17,23H,5-6,11,13H2,1H3,(H,24,25)/t17-/m1/s1. The number of aldehydes is 1. The Kier molecular flexibility index (Phi) is 7.02. The van der Waals surface area contributed by atoms with Gasteiger partial charge >= 0.3 is 5.97 Å². The number of nitrogens with zero attached hydrogens (tertiary/aromatic N) is 1. The van der Waals surface area contributed by atoms with Crippen LogP contribution in [0.15, 0.2) is 48.5 Å². The number of benzene rings is 2. The van der Waals surface area contributed by atoms with Gasteiger partial charge in [0.15, 0.2) is 11.5 Å². The second kappa shape index (κ2) is 9.46. The fourth-order valence-corrected chi connectivity index (χ4v) is 2.85. The molecular weight excluding hydrogens is 334 g/mol. The van der Waals surface area contributed by atoms with Crippen LogP contribution >= 0.6 is 0 Å². The Morgan fingerprint density at radius 3 is 2.58 bits per heavy atom. The van der Waals surface area contributed by atoms with Gasteiger partial charge in [0.1, 0.15) is 6.29 Å². The van der Waals surface area contributed by atoms with Gasteiger partial charge in [-0.15, -0.1) is 0 Å². The van der Waals surface area contributed by atoms with Crippen LogP contribution in [-0.2, 0) is 16.0 Å². The molecule has 0 heterocycles. The summed E-state index contributed by atoms with van der Waals surface area (Å²) in [5, 5.41) is 18.7. The first-order valence-corrected chi connectivity index (χ1v) is 8.39. The number of aliphatic carboxylic acids is 1. The molecule has 2 N–H and O–H groups in total. The van der Waals surface area contributed by atoms with Crippen molar-refractivity contribution >= 4 is 17.9 Å². The molecule has 2 aromatic carbocycles. The Hall–Kier alpha value is -3.02. The number of phenols is 1. The fourth-order valence-electron chi connectivity index (χ4n) is 2.85. The van der Waals surface area contributed by atoms with E-state index in [2.05, 4.69) is 0 Å². The predicted molar refractivity (Wildman–Crippen MR) is 98.9 cm³/mol. The Labute approximate surface area is 152 Å². The van der Waals surface area contributed by atoms with Gasteiger partial charge in [-0.25, -0.2) is 0 Å². The highest BCUT2D eigenvalue weighted by atomic mass is 16.5. The number of para-hydroxylation sites is 1. The molecule has 26 heavy (non-hydrogen) atoms. The number of ether oxygens (including phenoxy) is 1. The van der Waals surface area contributed by atoms with Gasteiger partial charge in [-0.2, -0.15) is 0 Å². The summed E-state index contributed by atoms with van der Waals surface area (Å²) < 4.78 is 5.11. The zero-order chi connectivity index (χ0) is 18.9. The number of rotatable bonds is 10. The quantitative estimate of drug-likeness (QED) is 0.636. The minimum Gasteiger partial charge on any atom is -0.504 e. The average Bonchev–Trinajstić information content (AvgIpc) is 2.65. The van der Waals surface area contributed by atoms with E-state index in [1.807, 2.05) is 41.3 Å². The summed E-state index contributed by atoms with van der Waals surface area (Å²) in [5.41, 5.74) is 1.81. The highest BCUT2D eigenvalue weighted by Crippen LogP contribution is 2.27. The van der Waals surface area contributed by atoms with Crippen molar-refractivity contribution in [3.63, 3.8) is 0 Å². The van der Waals surface area contributed by atoms with Crippen LogP contribution in [0.3, 0.4) is 0 Å². The van der Waals surface area contributed by atoms with E-state index in [1.54, 1.807) is 12.1 Å². The molecule has 0 aliphatic rings. The number of anilines is 1. The third-order valence-corrected chi connectivity index (χ3v) is 4.14. The van der Waals surface area contributed by atoms with Gasteiger partial charge in [0.25, 0.3) is 0 Å². The van der Waals surface area contributed by atoms with E-state index in [0.717, 1.165) is 11.3 Å². The van der Waals surface area contributed by atoms with E-state index in [0.29, 0.717) is 31.4 Å². The van der Waals surface area contributed by atoms with Crippen LogP contribution in [0.1, 0.15) is 18.4 Å². The molecule has 2 rings (SSSR count). The second-order valence-corrected chi connectivity index (χ2v) is 5.94. The molecule has 0 saturated carbocycles. The number of carboxylic acid groups (broad SMARTS) is 1. The first-order chi connectivity index (χ1) is 12.5. The minimum atomic E-state index is -1.01. The van der Waals surface area contributed by atoms with Crippen molar-refractivity contribution in [3.05, 3.63) is 54.1 Å². The summed E-state index contributed by atoms with van der Waals surface area (Å²) in [4.78, 5) is 24.4. The molecule has 0 amide bonds. The van der Waals surface area contributed by atoms with Crippen LogP contribution in [0.4, 0.5) is 5.69 Å². The summed E-state index contributed by atoms with van der Waals surface area (Å²) in [6, 6.07) is 13.8. The van der Waals surface area contributed by atoms with E-state index in [1.165, 1.54) is 7.11 Å². The van der Waals surface area contributed by atoms with Crippen molar-refractivity contribution in [2.75, 3.05) is 18.6 Å². The third-order valence-electron chi connectivity index (χ3n) is 4.14. The monoisotopic (exact) mass is 357 g/mol. The number of aryl methyl sites for hydroxylation is 1. The topological polar surface area (TPSA) is 87.1 Å². The smallest absolute Gasteiger partial charge is 0.305 e. The first kappa shape index (κ1) is 19.3. The maximum absolute atomic E-state index is 11.5. The number of phenolic OH excluding ortho intramolecular Hbond substituents is 1. The van der Waals surface area contributed by atoms with Crippen molar-refractivity contribution in [1.82, 2.24) is 0 Å². The van der Waals surface area contributed by atoms with Crippen molar-refractivity contribution in [2.24, 2.45) is 0 Å².